The molecule has 10 heteroatoms. The standard InChI is InChI=1S/C27H28O4Si.C21H22O3Si.C6H6O/c1-17(28)31-15-9-13-21-22(19-11-7-8-14-24(19)29)16-23-18-10-5-6-12-20(18)26(30)25(23)27(21)32(2,3)4;1-18(22)24-16-11-7-5-6-8-12-19-13-9-10-14-20(19)21(23)15-17-25(2,3)4;7-6-4-2-1-3-5-6/h5-8,10-12,14,16,29H,9,13,15H2,1-4H3;9-10,13-14H,7,11,16H2,1-4H3;1-5,7H. The molecule has 0 aliphatic heterocycles. The molecule has 0 atom stereocenters. The number of carbonyl (C=O) groups excluding carboxylic acids is 4. The molecule has 0 aromatic heterocycles. The average Bonchev–Trinajstić information content (AvgIpc) is 3.52. The quantitative estimate of drug-likeness (QED) is 0.0458. The molecule has 0 heterocycles. The number of hydrogen-bond donors (Lipinski definition) is 2. The van der Waals surface area contributed by atoms with Gasteiger partial charge in [-0.25, -0.2) is 0 Å². The smallest absolute Gasteiger partial charge is 0.302 e. The molecule has 0 amide bonds. The molecule has 1 aliphatic carbocycles. The van der Waals surface area contributed by atoms with Gasteiger partial charge in [-0.15, -0.1) is 5.54 Å². The number of unbranched alkanes of at least 4 members (excludes halogenated alkanes) is 1. The second kappa shape index (κ2) is 23.5. The van der Waals surface area contributed by atoms with Crippen molar-refractivity contribution in [3.8, 4) is 68.9 Å². The van der Waals surface area contributed by atoms with Crippen molar-refractivity contribution in [2.24, 2.45) is 0 Å². The second-order valence-electron chi connectivity index (χ2n) is 17.0. The van der Waals surface area contributed by atoms with E-state index < -0.39 is 16.1 Å². The van der Waals surface area contributed by atoms with Gasteiger partial charge in [0.2, 0.25) is 5.78 Å². The molecule has 0 radical (unpaired) electrons. The highest BCUT2D eigenvalue weighted by atomic mass is 28.3. The van der Waals surface area contributed by atoms with Crippen LogP contribution in [-0.2, 0) is 25.5 Å². The van der Waals surface area contributed by atoms with Crippen LogP contribution in [0, 0.1) is 35.1 Å². The van der Waals surface area contributed by atoms with Gasteiger partial charge in [0.15, 0.2) is 5.78 Å². The van der Waals surface area contributed by atoms with Crippen LogP contribution in [-0.4, -0.2) is 63.1 Å². The molecule has 328 valence electrons. The zero-order valence-corrected chi connectivity index (χ0v) is 40.0. The van der Waals surface area contributed by atoms with Crippen molar-refractivity contribution >= 4 is 44.8 Å². The van der Waals surface area contributed by atoms with E-state index in [-0.39, 0.29) is 29.3 Å². The minimum Gasteiger partial charge on any atom is -0.508 e. The number of benzene rings is 5. The summed E-state index contributed by atoms with van der Waals surface area (Å²) in [7, 11) is -3.59. The third-order valence-corrected chi connectivity index (χ3v) is 12.4. The third-order valence-electron chi connectivity index (χ3n) is 9.52. The lowest BCUT2D eigenvalue weighted by Crippen LogP contribution is -2.44. The zero-order chi connectivity index (χ0) is 46.9. The summed E-state index contributed by atoms with van der Waals surface area (Å²) in [5.41, 5.74) is 10.5. The Morgan fingerprint density at radius 2 is 1.22 bits per heavy atom. The van der Waals surface area contributed by atoms with Crippen LogP contribution in [0.1, 0.15) is 70.5 Å². The number of fused-ring (bicyclic) bond motifs is 3. The topological polar surface area (TPSA) is 127 Å². The van der Waals surface area contributed by atoms with Gasteiger partial charge < -0.3 is 19.7 Å². The van der Waals surface area contributed by atoms with E-state index in [9.17, 15) is 24.3 Å². The molecule has 0 bridgehead atoms. The number of hydrogen-bond acceptors (Lipinski definition) is 8. The molecule has 0 fully saturated rings. The van der Waals surface area contributed by atoms with Gasteiger partial charge in [-0.05, 0) is 101 Å². The monoisotopic (exact) mass is 888 g/mol. The first-order valence-corrected chi connectivity index (χ1v) is 28.2. The third kappa shape index (κ3) is 14.9. The first-order chi connectivity index (χ1) is 30.4. The SMILES string of the molecule is CC(=O)OCCCC#CC#Cc1ccccc1C(=O)C#C[Si](C)(C)C.CC(=O)OCCCc1c(-c2ccccc2O)cc2c(c1[Si](C)(C)C)C(=O)c1ccccc1-2.Oc1ccccc1. The summed E-state index contributed by atoms with van der Waals surface area (Å²) in [4.78, 5) is 47.7. The van der Waals surface area contributed by atoms with Crippen LogP contribution >= 0.6 is 0 Å². The molecular weight excluding hydrogens is 833 g/mol. The maximum absolute atomic E-state index is 13.5. The number of esters is 2. The van der Waals surface area contributed by atoms with Crippen LogP contribution in [0.4, 0.5) is 0 Å². The Hall–Kier alpha value is -6.91. The van der Waals surface area contributed by atoms with Gasteiger partial charge in [0, 0.05) is 48.1 Å². The van der Waals surface area contributed by atoms with Crippen LogP contribution < -0.4 is 5.19 Å². The Bertz CT molecular complexity index is 2670. The highest BCUT2D eigenvalue weighted by Gasteiger charge is 2.36. The zero-order valence-electron chi connectivity index (χ0n) is 38.0. The van der Waals surface area contributed by atoms with Gasteiger partial charge in [0.1, 0.15) is 19.6 Å². The fourth-order valence-electron chi connectivity index (χ4n) is 6.83. The molecule has 6 rings (SSSR count). The second-order valence-corrected chi connectivity index (χ2v) is 26.7. The molecule has 64 heavy (non-hydrogen) atoms. The van der Waals surface area contributed by atoms with Crippen LogP contribution in [0.2, 0.25) is 39.3 Å². The van der Waals surface area contributed by atoms with E-state index in [4.69, 9.17) is 14.6 Å². The minimum absolute atomic E-state index is 0.0816. The predicted octanol–water partition coefficient (Wildman–Crippen LogP) is 10.2. The van der Waals surface area contributed by atoms with E-state index in [0.29, 0.717) is 55.8 Å². The number of carbonyl (C=O) groups is 4. The number of ketones is 2. The number of ether oxygens (including phenoxy) is 2. The van der Waals surface area contributed by atoms with Gasteiger partial charge in [0.05, 0.1) is 21.3 Å². The van der Waals surface area contributed by atoms with E-state index in [2.05, 4.69) is 80.5 Å². The summed E-state index contributed by atoms with van der Waals surface area (Å²) in [5, 5.41) is 20.5. The van der Waals surface area contributed by atoms with Crippen molar-refractivity contribution in [3.63, 3.8) is 0 Å². The number of phenolic OH excluding ortho intramolecular Hbond substituents is 2. The number of Topliss-reactive ketones (excluding diaryl/α,β-unsaturated/α-hetero) is 1. The Morgan fingerprint density at radius 1 is 0.641 bits per heavy atom. The fraction of sp³-hybridized carbons (Fsp3) is 0.259. The molecule has 8 nitrogen and oxygen atoms in total. The van der Waals surface area contributed by atoms with Crippen LogP contribution in [0.5, 0.6) is 11.5 Å². The summed E-state index contributed by atoms with van der Waals surface area (Å²) in [6.45, 7) is 16.5. The summed E-state index contributed by atoms with van der Waals surface area (Å²) >= 11 is 0. The Labute approximate surface area is 380 Å². The maximum Gasteiger partial charge on any atom is 0.302 e. The number of rotatable bonds is 10. The van der Waals surface area contributed by atoms with E-state index in [0.717, 1.165) is 44.1 Å². The van der Waals surface area contributed by atoms with Crippen molar-refractivity contribution < 1.29 is 38.9 Å². The number of aromatic hydroxyl groups is 2. The largest absolute Gasteiger partial charge is 0.508 e. The first-order valence-electron chi connectivity index (χ1n) is 21.2. The normalized spacial score (nSPS) is 10.8. The van der Waals surface area contributed by atoms with E-state index in [1.165, 1.54) is 13.8 Å². The van der Waals surface area contributed by atoms with Gasteiger partial charge in [-0.3, -0.25) is 19.2 Å². The molecule has 5 aromatic rings. The van der Waals surface area contributed by atoms with Crippen molar-refractivity contribution in [1.29, 1.82) is 0 Å². The van der Waals surface area contributed by atoms with Gasteiger partial charge in [-0.1, -0.05) is 124 Å². The van der Waals surface area contributed by atoms with Crippen LogP contribution in [0.15, 0.2) is 109 Å². The summed E-state index contributed by atoms with van der Waals surface area (Å²) in [5.74, 6) is 13.9. The summed E-state index contributed by atoms with van der Waals surface area (Å²) in [6.07, 6.45) is 2.59. The van der Waals surface area contributed by atoms with Crippen molar-refractivity contribution in [2.45, 2.75) is 78.8 Å². The predicted molar refractivity (Wildman–Crippen MR) is 261 cm³/mol. The Balaban J connectivity index is 0.000000249. The average molecular weight is 889 g/mol. The lowest BCUT2D eigenvalue weighted by Gasteiger charge is -2.27. The van der Waals surface area contributed by atoms with Crippen molar-refractivity contribution in [3.05, 3.63) is 137 Å². The van der Waals surface area contributed by atoms with Crippen molar-refractivity contribution in [2.75, 3.05) is 13.2 Å². The fourth-order valence-corrected chi connectivity index (χ4v) is 9.48. The molecule has 1 aliphatic rings. The molecular formula is C54H56O8Si2. The van der Waals surface area contributed by atoms with E-state index in [1.54, 1.807) is 48.5 Å². The van der Waals surface area contributed by atoms with Gasteiger partial charge in [-0.2, -0.15) is 0 Å². The molecule has 0 unspecified atom stereocenters. The molecule has 0 saturated carbocycles. The molecule has 5 aromatic carbocycles. The number of para-hydroxylation sites is 2. The van der Waals surface area contributed by atoms with E-state index >= 15 is 0 Å². The summed E-state index contributed by atoms with van der Waals surface area (Å²) in [6, 6.07) is 33.0. The summed E-state index contributed by atoms with van der Waals surface area (Å²) < 4.78 is 10.00. The minimum atomic E-state index is -1.99. The van der Waals surface area contributed by atoms with Gasteiger partial charge in [0.25, 0.3) is 0 Å². The number of phenols is 2. The highest BCUT2D eigenvalue weighted by molar-refractivity contribution is 6.90. The van der Waals surface area contributed by atoms with Crippen LogP contribution in [0.25, 0.3) is 22.3 Å². The maximum atomic E-state index is 13.5. The Morgan fingerprint density at radius 3 is 1.81 bits per heavy atom. The van der Waals surface area contributed by atoms with Crippen LogP contribution in [0.3, 0.4) is 0 Å². The molecule has 0 spiro atoms. The van der Waals surface area contributed by atoms with E-state index in [1.807, 2.05) is 54.6 Å². The van der Waals surface area contributed by atoms with Gasteiger partial charge >= 0.3 is 11.9 Å². The Kier molecular flexibility index (Phi) is 18.3. The molecule has 2 N–H and O–H groups in total. The first kappa shape index (κ1) is 49.7. The highest BCUT2D eigenvalue weighted by Crippen LogP contribution is 2.42. The van der Waals surface area contributed by atoms with Crippen molar-refractivity contribution in [1.82, 2.24) is 0 Å². The lowest BCUT2D eigenvalue weighted by atomic mass is 9.90. The molecule has 0 saturated heterocycles. The lowest BCUT2D eigenvalue weighted by molar-refractivity contribution is -0.142.